The number of carbonyl (C=O) groups is 1. The average molecular weight is 363 g/mol. The third-order valence-corrected chi connectivity index (χ3v) is 6.68. The number of hydrogen-bond acceptors (Lipinski definition) is 4. The Hall–Kier alpha value is -1.44. The van der Waals surface area contributed by atoms with Crippen molar-refractivity contribution in [2.75, 3.05) is 32.7 Å². The first-order valence-electron chi connectivity index (χ1n) is 9.15. The molecule has 3 aliphatic rings. The zero-order valence-electron chi connectivity index (χ0n) is 14.4. The standard InChI is InChI=1S/C18H25N3O3S/c22-18(21-10-8-20(9-11-21)13-14-4-5-14)15-2-1-3-17(12-15)25(23,24)19-16-6-7-16/h1-3,12,14,16,19H,4-11,13H2. The quantitative estimate of drug-likeness (QED) is 0.827. The molecule has 0 unspecified atom stereocenters. The smallest absolute Gasteiger partial charge is 0.253 e. The van der Waals surface area contributed by atoms with E-state index in [-0.39, 0.29) is 16.8 Å². The molecule has 1 aromatic carbocycles. The Morgan fingerprint density at radius 1 is 1.08 bits per heavy atom. The van der Waals surface area contributed by atoms with E-state index in [1.54, 1.807) is 18.2 Å². The summed E-state index contributed by atoms with van der Waals surface area (Å²) in [6.45, 7) is 4.39. The van der Waals surface area contributed by atoms with Crippen molar-refractivity contribution < 1.29 is 13.2 Å². The second-order valence-electron chi connectivity index (χ2n) is 7.46. The zero-order valence-corrected chi connectivity index (χ0v) is 15.2. The summed E-state index contributed by atoms with van der Waals surface area (Å²) in [5.41, 5.74) is 0.453. The van der Waals surface area contributed by atoms with Crippen LogP contribution < -0.4 is 4.72 Å². The van der Waals surface area contributed by atoms with Gasteiger partial charge in [-0.05, 0) is 49.8 Å². The van der Waals surface area contributed by atoms with Crippen LogP contribution in [0, 0.1) is 5.92 Å². The minimum atomic E-state index is -3.53. The van der Waals surface area contributed by atoms with Gasteiger partial charge in [-0.2, -0.15) is 0 Å². The van der Waals surface area contributed by atoms with E-state index >= 15 is 0 Å². The first-order chi connectivity index (χ1) is 12.0. The van der Waals surface area contributed by atoms with Gasteiger partial charge < -0.3 is 4.90 Å². The molecule has 0 bridgehead atoms. The molecule has 2 saturated carbocycles. The molecule has 0 aromatic heterocycles. The molecule has 3 fully saturated rings. The van der Waals surface area contributed by atoms with Crippen LogP contribution in [-0.2, 0) is 10.0 Å². The predicted octanol–water partition coefficient (Wildman–Crippen LogP) is 1.30. The Bertz CT molecular complexity index is 749. The summed E-state index contributed by atoms with van der Waals surface area (Å²) in [5, 5.41) is 0. The van der Waals surface area contributed by atoms with Crippen molar-refractivity contribution in [2.24, 2.45) is 5.92 Å². The largest absolute Gasteiger partial charge is 0.336 e. The number of amides is 1. The third kappa shape index (κ3) is 4.22. The molecule has 1 heterocycles. The van der Waals surface area contributed by atoms with E-state index in [2.05, 4.69) is 9.62 Å². The van der Waals surface area contributed by atoms with Gasteiger partial charge in [0, 0.05) is 44.3 Å². The first-order valence-corrected chi connectivity index (χ1v) is 10.6. The minimum absolute atomic E-state index is 0.0592. The summed E-state index contributed by atoms with van der Waals surface area (Å²) < 4.78 is 27.3. The molecule has 2 aliphatic carbocycles. The Labute approximate surface area is 149 Å². The highest BCUT2D eigenvalue weighted by Gasteiger charge is 2.30. The van der Waals surface area contributed by atoms with E-state index in [1.165, 1.54) is 18.9 Å². The Balaban J connectivity index is 1.40. The molecular formula is C18H25N3O3S. The number of carbonyl (C=O) groups excluding carboxylic acids is 1. The van der Waals surface area contributed by atoms with Crippen LogP contribution >= 0.6 is 0 Å². The monoisotopic (exact) mass is 363 g/mol. The van der Waals surface area contributed by atoms with E-state index in [0.717, 1.165) is 38.4 Å². The molecule has 7 heteroatoms. The average Bonchev–Trinajstić information content (AvgIpc) is 3.52. The molecule has 1 saturated heterocycles. The normalized spacial score (nSPS) is 22.2. The van der Waals surface area contributed by atoms with E-state index in [4.69, 9.17) is 0 Å². The number of rotatable bonds is 6. The van der Waals surface area contributed by atoms with Gasteiger partial charge in [0.25, 0.3) is 5.91 Å². The highest BCUT2D eigenvalue weighted by atomic mass is 32.2. The Morgan fingerprint density at radius 2 is 1.80 bits per heavy atom. The number of hydrogen-bond donors (Lipinski definition) is 1. The van der Waals surface area contributed by atoms with Gasteiger partial charge in [-0.1, -0.05) is 6.07 Å². The number of piperazine rings is 1. The molecule has 0 radical (unpaired) electrons. The van der Waals surface area contributed by atoms with E-state index in [1.807, 2.05) is 4.90 Å². The maximum absolute atomic E-state index is 12.7. The van der Waals surface area contributed by atoms with E-state index < -0.39 is 10.0 Å². The maximum Gasteiger partial charge on any atom is 0.253 e. The van der Waals surface area contributed by atoms with Crippen molar-refractivity contribution in [2.45, 2.75) is 36.6 Å². The number of benzene rings is 1. The second-order valence-corrected chi connectivity index (χ2v) is 9.17. The fourth-order valence-corrected chi connectivity index (χ4v) is 4.62. The SMILES string of the molecule is O=C(c1cccc(S(=O)(=O)NC2CC2)c1)N1CCN(CC2CC2)CC1. The zero-order chi connectivity index (χ0) is 17.4. The molecule has 6 nitrogen and oxygen atoms in total. The molecule has 25 heavy (non-hydrogen) atoms. The van der Waals surface area contributed by atoms with Gasteiger partial charge in [-0.15, -0.1) is 0 Å². The number of nitrogens with one attached hydrogen (secondary N) is 1. The van der Waals surface area contributed by atoms with Crippen molar-refractivity contribution in [1.29, 1.82) is 0 Å². The minimum Gasteiger partial charge on any atom is -0.336 e. The van der Waals surface area contributed by atoms with Crippen molar-refractivity contribution in [3.05, 3.63) is 29.8 Å². The van der Waals surface area contributed by atoms with Gasteiger partial charge in [-0.3, -0.25) is 9.69 Å². The van der Waals surface area contributed by atoms with Crippen LogP contribution in [0.5, 0.6) is 0 Å². The Morgan fingerprint density at radius 3 is 2.44 bits per heavy atom. The lowest BCUT2D eigenvalue weighted by Gasteiger charge is -2.34. The highest BCUT2D eigenvalue weighted by Crippen LogP contribution is 2.30. The maximum atomic E-state index is 12.7. The van der Waals surface area contributed by atoms with Gasteiger partial charge in [0.1, 0.15) is 0 Å². The van der Waals surface area contributed by atoms with Gasteiger partial charge >= 0.3 is 0 Å². The molecule has 1 aromatic rings. The lowest BCUT2D eigenvalue weighted by Crippen LogP contribution is -2.49. The summed E-state index contributed by atoms with van der Waals surface area (Å²) in [6.07, 6.45) is 4.47. The number of sulfonamides is 1. The fraction of sp³-hybridized carbons (Fsp3) is 0.611. The van der Waals surface area contributed by atoms with Crippen LogP contribution in [0.2, 0.25) is 0 Å². The van der Waals surface area contributed by atoms with Crippen molar-refractivity contribution in [1.82, 2.24) is 14.5 Å². The molecule has 0 atom stereocenters. The summed E-state index contributed by atoms with van der Waals surface area (Å²) in [7, 11) is -3.53. The van der Waals surface area contributed by atoms with Crippen molar-refractivity contribution in [3.8, 4) is 0 Å². The second kappa shape index (κ2) is 6.70. The molecule has 1 aliphatic heterocycles. The predicted molar refractivity (Wildman–Crippen MR) is 94.9 cm³/mol. The molecule has 136 valence electrons. The highest BCUT2D eigenvalue weighted by molar-refractivity contribution is 7.89. The molecule has 1 amide bonds. The van der Waals surface area contributed by atoms with Crippen molar-refractivity contribution in [3.63, 3.8) is 0 Å². The summed E-state index contributed by atoms with van der Waals surface area (Å²) in [6, 6.07) is 6.47. The molecule has 4 rings (SSSR count). The van der Waals surface area contributed by atoms with Crippen LogP contribution in [0.4, 0.5) is 0 Å². The van der Waals surface area contributed by atoms with Gasteiger partial charge in [-0.25, -0.2) is 13.1 Å². The van der Waals surface area contributed by atoms with E-state index in [0.29, 0.717) is 18.7 Å². The molecule has 1 N–H and O–H groups in total. The van der Waals surface area contributed by atoms with Crippen LogP contribution in [0.15, 0.2) is 29.2 Å². The summed E-state index contributed by atoms with van der Waals surface area (Å²) in [4.78, 5) is 17.2. The van der Waals surface area contributed by atoms with Gasteiger partial charge in [0.05, 0.1) is 4.90 Å². The molecular weight excluding hydrogens is 338 g/mol. The Kier molecular flexibility index (Phi) is 4.56. The summed E-state index contributed by atoms with van der Waals surface area (Å²) in [5.74, 6) is 0.789. The van der Waals surface area contributed by atoms with Crippen LogP contribution in [0.3, 0.4) is 0 Å². The lowest BCUT2D eigenvalue weighted by molar-refractivity contribution is 0.0632. The number of nitrogens with zero attached hydrogens (tertiary/aromatic N) is 2. The van der Waals surface area contributed by atoms with Gasteiger partial charge in [0.2, 0.25) is 10.0 Å². The van der Waals surface area contributed by atoms with E-state index in [9.17, 15) is 13.2 Å². The topological polar surface area (TPSA) is 69.7 Å². The summed E-state index contributed by atoms with van der Waals surface area (Å²) >= 11 is 0. The first kappa shape index (κ1) is 17.0. The van der Waals surface area contributed by atoms with Crippen LogP contribution in [0.25, 0.3) is 0 Å². The fourth-order valence-electron chi connectivity index (χ4n) is 3.27. The van der Waals surface area contributed by atoms with Gasteiger partial charge in [0.15, 0.2) is 0 Å². The lowest BCUT2D eigenvalue weighted by atomic mass is 10.2. The molecule has 0 spiro atoms. The van der Waals surface area contributed by atoms with Crippen molar-refractivity contribution >= 4 is 15.9 Å². The van der Waals surface area contributed by atoms with Crippen LogP contribution in [-0.4, -0.2) is 62.9 Å². The van der Waals surface area contributed by atoms with Crippen LogP contribution in [0.1, 0.15) is 36.0 Å². The third-order valence-electron chi connectivity index (χ3n) is 5.16.